The van der Waals surface area contributed by atoms with Crippen LogP contribution in [0.4, 0.5) is 0 Å². The standard InChI is InChI=1S/C12H18N2O3/c1-12(2,3)17-8-6-7-9(8)13(4)11(16)14(5)10(7)15/h8H,6H2,1-5H3. The van der Waals surface area contributed by atoms with Crippen molar-refractivity contribution in [3.8, 4) is 0 Å². The molecule has 0 aromatic carbocycles. The molecule has 0 radical (unpaired) electrons. The van der Waals surface area contributed by atoms with E-state index in [1.165, 1.54) is 11.6 Å². The Morgan fingerprint density at radius 3 is 2.29 bits per heavy atom. The number of rotatable bonds is 1. The fourth-order valence-electron chi connectivity index (χ4n) is 2.21. The van der Waals surface area contributed by atoms with E-state index in [9.17, 15) is 9.59 Å². The molecule has 1 atom stereocenters. The lowest BCUT2D eigenvalue weighted by Gasteiger charge is -2.36. The van der Waals surface area contributed by atoms with Crippen molar-refractivity contribution < 1.29 is 4.74 Å². The van der Waals surface area contributed by atoms with Gasteiger partial charge in [0.2, 0.25) is 0 Å². The molecule has 1 aliphatic carbocycles. The van der Waals surface area contributed by atoms with Crippen molar-refractivity contribution in [2.24, 2.45) is 14.1 Å². The number of ether oxygens (including phenoxy) is 1. The SMILES string of the molecule is Cn1c2c(c(=O)n(C)c1=O)CC2OC(C)(C)C. The van der Waals surface area contributed by atoms with Gasteiger partial charge in [-0.2, -0.15) is 0 Å². The normalized spacial score (nSPS) is 18.8. The summed E-state index contributed by atoms with van der Waals surface area (Å²) in [4.78, 5) is 23.6. The number of hydrogen-bond acceptors (Lipinski definition) is 3. The van der Waals surface area contributed by atoms with E-state index in [4.69, 9.17) is 4.74 Å². The van der Waals surface area contributed by atoms with Crippen molar-refractivity contribution in [1.82, 2.24) is 9.13 Å². The van der Waals surface area contributed by atoms with E-state index >= 15 is 0 Å². The molecule has 1 aromatic rings. The van der Waals surface area contributed by atoms with Gasteiger partial charge in [-0.05, 0) is 20.8 Å². The zero-order valence-corrected chi connectivity index (χ0v) is 10.9. The third-order valence-electron chi connectivity index (χ3n) is 3.00. The van der Waals surface area contributed by atoms with Crippen LogP contribution in [0.5, 0.6) is 0 Å². The summed E-state index contributed by atoms with van der Waals surface area (Å²) in [7, 11) is 3.18. The van der Waals surface area contributed by atoms with E-state index in [0.717, 1.165) is 10.3 Å². The summed E-state index contributed by atoms with van der Waals surface area (Å²) in [5.41, 5.74) is 0.657. The van der Waals surface area contributed by atoms with E-state index in [-0.39, 0.29) is 23.0 Å². The Labute approximate surface area is 99.6 Å². The maximum atomic E-state index is 11.8. The highest BCUT2D eigenvalue weighted by Gasteiger charge is 2.36. The molecule has 0 aliphatic heterocycles. The largest absolute Gasteiger partial charge is 0.366 e. The maximum absolute atomic E-state index is 11.8. The number of aromatic nitrogens is 2. The topological polar surface area (TPSA) is 53.2 Å². The molecule has 0 saturated carbocycles. The first kappa shape index (κ1) is 12.1. The van der Waals surface area contributed by atoms with Crippen LogP contribution in [0.3, 0.4) is 0 Å². The third kappa shape index (κ3) is 1.84. The molecule has 2 rings (SSSR count). The lowest BCUT2D eigenvalue weighted by Crippen LogP contribution is -2.47. The molecule has 1 unspecified atom stereocenters. The second-order valence-corrected chi connectivity index (χ2v) is 5.49. The van der Waals surface area contributed by atoms with E-state index < -0.39 is 0 Å². The quantitative estimate of drug-likeness (QED) is 0.715. The van der Waals surface area contributed by atoms with Crippen LogP contribution in [-0.2, 0) is 25.3 Å². The van der Waals surface area contributed by atoms with E-state index in [2.05, 4.69) is 0 Å². The summed E-state index contributed by atoms with van der Waals surface area (Å²) in [6.45, 7) is 5.89. The molecule has 1 aliphatic rings. The van der Waals surface area contributed by atoms with Gasteiger partial charge in [-0.25, -0.2) is 4.79 Å². The molecule has 0 saturated heterocycles. The molecule has 1 aromatic heterocycles. The Morgan fingerprint density at radius 1 is 1.18 bits per heavy atom. The molecule has 0 N–H and O–H groups in total. The molecular formula is C12H18N2O3. The second-order valence-electron chi connectivity index (χ2n) is 5.49. The van der Waals surface area contributed by atoms with Crippen LogP contribution in [0.15, 0.2) is 9.59 Å². The Morgan fingerprint density at radius 2 is 1.76 bits per heavy atom. The van der Waals surface area contributed by atoms with Crippen LogP contribution >= 0.6 is 0 Å². The van der Waals surface area contributed by atoms with Gasteiger partial charge in [0.1, 0.15) is 6.10 Å². The van der Waals surface area contributed by atoms with Gasteiger partial charge in [0.25, 0.3) is 5.56 Å². The first-order valence-electron chi connectivity index (χ1n) is 5.69. The predicted octanol–water partition coefficient (Wildman–Crippen LogP) is 0.496. The zero-order chi connectivity index (χ0) is 13.0. The minimum atomic E-state index is -0.295. The van der Waals surface area contributed by atoms with Gasteiger partial charge < -0.3 is 4.74 Å². The summed E-state index contributed by atoms with van der Waals surface area (Å²) in [5, 5.41) is 0. The summed E-state index contributed by atoms with van der Waals surface area (Å²) in [5.74, 6) is 0. The highest BCUT2D eigenvalue weighted by molar-refractivity contribution is 5.31. The molecule has 0 spiro atoms. The third-order valence-corrected chi connectivity index (χ3v) is 3.00. The molecule has 1 heterocycles. The molecule has 0 fully saturated rings. The highest BCUT2D eigenvalue weighted by atomic mass is 16.5. The first-order chi connectivity index (χ1) is 7.72. The van der Waals surface area contributed by atoms with Gasteiger partial charge in [-0.1, -0.05) is 0 Å². The molecule has 17 heavy (non-hydrogen) atoms. The van der Waals surface area contributed by atoms with Crippen molar-refractivity contribution in [3.05, 3.63) is 32.1 Å². The van der Waals surface area contributed by atoms with Crippen LogP contribution in [0.1, 0.15) is 38.1 Å². The number of nitrogens with zero attached hydrogens (tertiary/aromatic N) is 2. The summed E-state index contributed by atoms with van der Waals surface area (Å²) in [6.07, 6.45) is 0.449. The molecule has 0 amide bonds. The van der Waals surface area contributed by atoms with Crippen molar-refractivity contribution >= 4 is 0 Å². The fourth-order valence-corrected chi connectivity index (χ4v) is 2.21. The van der Waals surface area contributed by atoms with Crippen molar-refractivity contribution in [1.29, 1.82) is 0 Å². The van der Waals surface area contributed by atoms with E-state index in [1.54, 1.807) is 7.05 Å². The molecular weight excluding hydrogens is 220 g/mol. The van der Waals surface area contributed by atoms with Gasteiger partial charge in [-0.15, -0.1) is 0 Å². The Hall–Kier alpha value is -1.36. The van der Waals surface area contributed by atoms with Gasteiger partial charge in [0.15, 0.2) is 0 Å². The maximum Gasteiger partial charge on any atom is 0.330 e. The van der Waals surface area contributed by atoms with E-state index in [0.29, 0.717) is 12.0 Å². The molecule has 94 valence electrons. The number of fused-ring (bicyclic) bond motifs is 1. The van der Waals surface area contributed by atoms with Crippen LogP contribution in [0.25, 0.3) is 0 Å². The monoisotopic (exact) mass is 238 g/mol. The zero-order valence-electron chi connectivity index (χ0n) is 10.9. The molecule has 5 heteroatoms. The minimum absolute atomic E-state index is 0.142. The Bertz CT molecular complexity index is 544. The summed E-state index contributed by atoms with van der Waals surface area (Å²) >= 11 is 0. The van der Waals surface area contributed by atoms with Gasteiger partial charge in [-0.3, -0.25) is 13.9 Å². The lowest BCUT2D eigenvalue weighted by atomic mass is 9.90. The first-order valence-corrected chi connectivity index (χ1v) is 5.69. The average molecular weight is 238 g/mol. The van der Waals surface area contributed by atoms with Crippen LogP contribution < -0.4 is 11.2 Å². The summed E-state index contributed by atoms with van der Waals surface area (Å²) < 4.78 is 8.48. The second kappa shape index (κ2) is 3.57. The minimum Gasteiger partial charge on any atom is -0.366 e. The summed E-state index contributed by atoms with van der Waals surface area (Å²) in [6, 6.07) is 0. The smallest absolute Gasteiger partial charge is 0.330 e. The predicted molar refractivity (Wildman–Crippen MR) is 64.2 cm³/mol. The average Bonchev–Trinajstić information content (AvgIpc) is 2.17. The highest BCUT2D eigenvalue weighted by Crippen LogP contribution is 2.35. The van der Waals surface area contributed by atoms with Crippen molar-refractivity contribution in [2.45, 2.75) is 38.9 Å². The lowest BCUT2D eigenvalue weighted by molar-refractivity contribution is -0.0766. The molecule has 5 nitrogen and oxygen atoms in total. The number of hydrogen-bond donors (Lipinski definition) is 0. The van der Waals surface area contributed by atoms with Crippen LogP contribution in [0, 0.1) is 0 Å². The molecule has 0 bridgehead atoms. The Kier molecular flexibility index (Phi) is 2.54. The van der Waals surface area contributed by atoms with Gasteiger partial charge in [0.05, 0.1) is 11.3 Å². The van der Waals surface area contributed by atoms with Gasteiger partial charge in [0, 0.05) is 26.1 Å². The van der Waals surface area contributed by atoms with Gasteiger partial charge >= 0.3 is 5.69 Å². The fraction of sp³-hybridized carbons (Fsp3) is 0.667. The van der Waals surface area contributed by atoms with E-state index in [1.807, 2.05) is 20.8 Å². The van der Waals surface area contributed by atoms with Crippen LogP contribution in [-0.4, -0.2) is 14.7 Å². The van der Waals surface area contributed by atoms with Crippen LogP contribution in [0.2, 0.25) is 0 Å². The van der Waals surface area contributed by atoms with Crippen molar-refractivity contribution in [2.75, 3.05) is 0 Å². The van der Waals surface area contributed by atoms with Crippen molar-refractivity contribution in [3.63, 3.8) is 0 Å². The Balaban J connectivity index is 2.49.